The lowest BCUT2D eigenvalue weighted by molar-refractivity contribution is 0.458. The molecule has 0 aliphatic heterocycles. The summed E-state index contributed by atoms with van der Waals surface area (Å²) in [5.74, 6) is 1.15. The van der Waals surface area contributed by atoms with E-state index in [1.165, 1.54) is 5.01 Å². The molecule has 4 nitrogen and oxygen atoms in total. The Kier molecular flexibility index (Phi) is 9.34. The first-order chi connectivity index (χ1) is 8.58. The van der Waals surface area contributed by atoms with Crippen LogP contribution in [-0.2, 0) is 6.42 Å². The van der Waals surface area contributed by atoms with Crippen molar-refractivity contribution in [2.75, 3.05) is 19.6 Å². The average Bonchev–Trinajstić information content (AvgIpc) is 2.79. The number of guanidine groups is 1. The molecule has 0 amide bonds. The lowest BCUT2D eigenvalue weighted by atomic mass is 10.2. The van der Waals surface area contributed by atoms with E-state index >= 15 is 0 Å². The lowest BCUT2D eigenvalue weighted by Gasteiger charge is -2.19. The summed E-state index contributed by atoms with van der Waals surface area (Å²) in [5.41, 5.74) is 7.04. The van der Waals surface area contributed by atoms with Gasteiger partial charge in [0, 0.05) is 37.4 Å². The van der Waals surface area contributed by atoms with Crippen LogP contribution < -0.4 is 5.73 Å². The van der Waals surface area contributed by atoms with Gasteiger partial charge in [-0.1, -0.05) is 13.8 Å². The molecule has 1 aromatic rings. The van der Waals surface area contributed by atoms with Gasteiger partial charge >= 0.3 is 0 Å². The van der Waals surface area contributed by atoms with Gasteiger partial charge in [0.15, 0.2) is 5.96 Å². The Balaban J connectivity index is 0.00000324. The second-order valence-corrected chi connectivity index (χ2v) is 5.38. The standard InChI is InChI=1S/C13H24N4S.HI/c1-5-17(6-2)13(14)15-8-7-11-9-18-12(16-11)10(3)4;/h9-10H,5-8H2,1-4H3,(H2,14,15);1H. The topological polar surface area (TPSA) is 54.5 Å². The SMILES string of the molecule is CCN(CC)C(N)=NCCc1csc(C(C)C)n1.I. The first kappa shape index (κ1) is 18.6. The van der Waals surface area contributed by atoms with Crippen molar-refractivity contribution in [3.63, 3.8) is 0 Å². The maximum absolute atomic E-state index is 5.91. The van der Waals surface area contributed by atoms with E-state index < -0.39 is 0 Å². The highest BCUT2D eigenvalue weighted by molar-refractivity contribution is 14.0. The molecule has 1 heterocycles. The van der Waals surface area contributed by atoms with Crippen LogP contribution in [0, 0.1) is 0 Å². The van der Waals surface area contributed by atoms with Crippen LogP contribution in [0.25, 0.3) is 0 Å². The van der Waals surface area contributed by atoms with Gasteiger partial charge in [0.25, 0.3) is 0 Å². The van der Waals surface area contributed by atoms with E-state index in [0.29, 0.717) is 18.4 Å². The maximum atomic E-state index is 5.91. The summed E-state index contributed by atoms with van der Waals surface area (Å²) in [4.78, 5) is 11.0. The minimum absolute atomic E-state index is 0. The number of rotatable bonds is 6. The molecule has 0 saturated heterocycles. The molecule has 6 heteroatoms. The van der Waals surface area contributed by atoms with Crippen molar-refractivity contribution in [3.8, 4) is 0 Å². The van der Waals surface area contributed by atoms with Crippen LogP contribution in [0.2, 0.25) is 0 Å². The van der Waals surface area contributed by atoms with Gasteiger partial charge in [-0.15, -0.1) is 35.3 Å². The predicted molar refractivity (Wildman–Crippen MR) is 94.7 cm³/mol. The van der Waals surface area contributed by atoms with Crippen LogP contribution >= 0.6 is 35.3 Å². The normalized spacial score (nSPS) is 11.5. The highest BCUT2D eigenvalue weighted by atomic mass is 127. The number of thiazole rings is 1. The summed E-state index contributed by atoms with van der Waals surface area (Å²) < 4.78 is 0. The molecule has 0 saturated carbocycles. The molecule has 19 heavy (non-hydrogen) atoms. The van der Waals surface area contributed by atoms with E-state index in [2.05, 4.69) is 48.0 Å². The van der Waals surface area contributed by atoms with Gasteiger partial charge in [0.2, 0.25) is 0 Å². The maximum Gasteiger partial charge on any atom is 0.191 e. The van der Waals surface area contributed by atoms with Crippen LogP contribution in [0.5, 0.6) is 0 Å². The molecule has 0 aliphatic rings. The van der Waals surface area contributed by atoms with Crippen LogP contribution in [0.15, 0.2) is 10.4 Å². The Morgan fingerprint density at radius 3 is 2.53 bits per heavy atom. The molecule has 0 aliphatic carbocycles. The summed E-state index contributed by atoms with van der Waals surface area (Å²) in [6.07, 6.45) is 0.866. The summed E-state index contributed by atoms with van der Waals surface area (Å²) in [6, 6.07) is 0. The third kappa shape index (κ3) is 6.07. The lowest BCUT2D eigenvalue weighted by Crippen LogP contribution is -2.37. The van der Waals surface area contributed by atoms with Crippen LogP contribution in [0.4, 0.5) is 0 Å². The third-order valence-electron chi connectivity index (χ3n) is 2.79. The minimum Gasteiger partial charge on any atom is -0.370 e. The molecule has 0 bridgehead atoms. The highest BCUT2D eigenvalue weighted by Crippen LogP contribution is 2.19. The summed E-state index contributed by atoms with van der Waals surface area (Å²) in [7, 11) is 0. The monoisotopic (exact) mass is 396 g/mol. The van der Waals surface area contributed by atoms with E-state index in [4.69, 9.17) is 5.73 Å². The Hall–Kier alpha value is -0.370. The number of hydrogen-bond donors (Lipinski definition) is 1. The Labute approximate surface area is 137 Å². The zero-order valence-corrected chi connectivity index (χ0v) is 15.4. The van der Waals surface area contributed by atoms with E-state index in [1.54, 1.807) is 11.3 Å². The van der Waals surface area contributed by atoms with Crippen molar-refractivity contribution in [2.24, 2.45) is 10.7 Å². The van der Waals surface area contributed by atoms with Crippen molar-refractivity contribution >= 4 is 41.3 Å². The van der Waals surface area contributed by atoms with E-state index in [-0.39, 0.29) is 24.0 Å². The second-order valence-electron chi connectivity index (χ2n) is 4.49. The van der Waals surface area contributed by atoms with Crippen molar-refractivity contribution in [1.29, 1.82) is 0 Å². The minimum atomic E-state index is 0. The number of hydrogen-bond acceptors (Lipinski definition) is 3. The van der Waals surface area contributed by atoms with Crippen LogP contribution in [0.1, 0.15) is 44.3 Å². The van der Waals surface area contributed by atoms with Gasteiger partial charge < -0.3 is 10.6 Å². The number of aliphatic imine (C=N–C) groups is 1. The van der Waals surface area contributed by atoms with Crippen molar-refractivity contribution in [2.45, 2.75) is 40.0 Å². The predicted octanol–water partition coefficient (Wildman–Crippen LogP) is 3.08. The number of nitrogens with zero attached hydrogens (tertiary/aromatic N) is 3. The molecule has 0 atom stereocenters. The third-order valence-corrected chi connectivity index (χ3v) is 3.99. The average molecular weight is 396 g/mol. The zero-order valence-electron chi connectivity index (χ0n) is 12.2. The fourth-order valence-electron chi connectivity index (χ4n) is 1.64. The summed E-state index contributed by atoms with van der Waals surface area (Å²) >= 11 is 1.73. The van der Waals surface area contributed by atoms with Gasteiger partial charge in [-0.3, -0.25) is 4.99 Å². The molecule has 0 radical (unpaired) electrons. The first-order valence-corrected chi connectivity index (χ1v) is 7.45. The van der Waals surface area contributed by atoms with Gasteiger partial charge in [0.1, 0.15) is 0 Å². The fourth-order valence-corrected chi connectivity index (χ4v) is 2.50. The quantitative estimate of drug-likeness (QED) is 0.457. The summed E-state index contributed by atoms with van der Waals surface area (Å²) in [6.45, 7) is 11.0. The molecular weight excluding hydrogens is 371 g/mol. The molecule has 2 N–H and O–H groups in total. The number of aromatic nitrogens is 1. The van der Waals surface area contributed by atoms with E-state index in [1.807, 2.05) is 0 Å². The van der Waals surface area contributed by atoms with Crippen LogP contribution in [-0.4, -0.2) is 35.5 Å². The molecule has 0 unspecified atom stereocenters. The molecule has 0 fully saturated rings. The van der Waals surface area contributed by atoms with Gasteiger partial charge in [-0.25, -0.2) is 4.98 Å². The number of halogens is 1. The highest BCUT2D eigenvalue weighted by Gasteiger charge is 2.06. The van der Waals surface area contributed by atoms with E-state index in [9.17, 15) is 0 Å². The zero-order chi connectivity index (χ0) is 13.5. The van der Waals surface area contributed by atoms with Gasteiger partial charge in [0.05, 0.1) is 10.7 Å². The van der Waals surface area contributed by atoms with E-state index in [0.717, 1.165) is 25.2 Å². The van der Waals surface area contributed by atoms with Crippen molar-refractivity contribution in [3.05, 3.63) is 16.1 Å². The molecule has 1 rings (SSSR count). The van der Waals surface area contributed by atoms with Gasteiger partial charge in [-0.05, 0) is 13.8 Å². The molecular formula is C13H25IN4S. The van der Waals surface area contributed by atoms with Crippen LogP contribution in [0.3, 0.4) is 0 Å². The second kappa shape index (κ2) is 9.52. The first-order valence-electron chi connectivity index (χ1n) is 6.57. The van der Waals surface area contributed by atoms with Crippen molar-refractivity contribution in [1.82, 2.24) is 9.88 Å². The number of nitrogens with two attached hydrogens (primary N) is 1. The smallest absolute Gasteiger partial charge is 0.191 e. The molecule has 110 valence electrons. The molecule has 1 aromatic heterocycles. The molecule has 0 spiro atoms. The Bertz CT molecular complexity index is 386. The summed E-state index contributed by atoms with van der Waals surface area (Å²) in [5, 5.41) is 3.32. The molecule has 0 aromatic carbocycles. The Morgan fingerprint density at radius 1 is 1.42 bits per heavy atom. The largest absolute Gasteiger partial charge is 0.370 e. The van der Waals surface area contributed by atoms with Gasteiger partial charge in [-0.2, -0.15) is 0 Å². The fraction of sp³-hybridized carbons (Fsp3) is 0.692. The van der Waals surface area contributed by atoms with Crippen molar-refractivity contribution < 1.29 is 0 Å². The Morgan fingerprint density at radius 2 is 2.05 bits per heavy atom.